The van der Waals surface area contributed by atoms with Crippen molar-refractivity contribution in [2.24, 2.45) is 0 Å². The van der Waals surface area contributed by atoms with Crippen LogP contribution in [0.15, 0.2) is 79.0 Å². The molecule has 1 saturated heterocycles. The highest BCUT2D eigenvalue weighted by molar-refractivity contribution is 6.05. The molecule has 1 aliphatic rings. The average Bonchev–Trinajstić information content (AvgIpc) is 2.85. The molecule has 2 heterocycles. The van der Waals surface area contributed by atoms with E-state index in [9.17, 15) is 4.79 Å². The van der Waals surface area contributed by atoms with E-state index in [1.165, 1.54) is 0 Å². The van der Waals surface area contributed by atoms with Gasteiger partial charge in [0.05, 0.1) is 12.8 Å². The molecule has 6 heteroatoms. The Balaban J connectivity index is 1.40. The zero-order chi connectivity index (χ0) is 21.5. The van der Waals surface area contributed by atoms with Crippen LogP contribution in [-0.4, -0.2) is 62.2 Å². The summed E-state index contributed by atoms with van der Waals surface area (Å²) in [5, 5.41) is 0. The zero-order valence-electron chi connectivity index (χ0n) is 17.9. The van der Waals surface area contributed by atoms with Gasteiger partial charge in [-0.05, 0) is 36.4 Å². The van der Waals surface area contributed by atoms with Crippen LogP contribution in [-0.2, 0) is 0 Å². The molecule has 4 rings (SSSR count). The standard InChI is InChI=1S/C25H28N4O2/c1-31-23-12-6-5-11-22(23)28-18-15-27(16-19-28)17-20-29(24-13-7-8-14-26-24)25(30)21-9-3-2-4-10-21/h2-14H,15-20H2,1H3. The molecule has 31 heavy (non-hydrogen) atoms. The van der Waals surface area contributed by atoms with Crippen LogP contribution in [0.3, 0.4) is 0 Å². The molecule has 0 N–H and O–H groups in total. The number of aromatic nitrogens is 1. The number of benzene rings is 2. The van der Waals surface area contributed by atoms with Gasteiger partial charge in [-0.1, -0.05) is 36.4 Å². The molecular weight excluding hydrogens is 388 g/mol. The molecule has 1 amide bonds. The van der Waals surface area contributed by atoms with Gasteiger partial charge in [-0.25, -0.2) is 4.98 Å². The second-order valence-corrected chi connectivity index (χ2v) is 7.51. The van der Waals surface area contributed by atoms with Crippen molar-refractivity contribution in [3.8, 4) is 5.75 Å². The summed E-state index contributed by atoms with van der Waals surface area (Å²) >= 11 is 0. The van der Waals surface area contributed by atoms with Crippen LogP contribution in [0.2, 0.25) is 0 Å². The van der Waals surface area contributed by atoms with Crippen molar-refractivity contribution in [3.05, 3.63) is 84.6 Å². The van der Waals surface area contributed by atoms with Gasteiger partial charge in [0.15, 0.2) is 0 Å². The van der Waals surface area contributed by atoms with E-state index in [0.717, 1.165) is 44.2 Å². The minimum Gasteiger partial charge on any atom is -0.495 e. The quantitative estimate of drug-likeness (QED) is 0.589. The summed E-state index contributed by atoms with van der Waals surface area (Å²) in [5.41, 5.74) is 1.81. The first-order valence-electron chi connectivity index (χ1n) is 10.6. The van der Waals surface area contributed by atoms with Gasteiger partial charge >= 0.3 is 0 Å². The number of piperazine rings is 1. The first-order chi connectivity index (χ1) is 15.3. The molecule has 1 fully saturated rings. The topological polar surface area (TPSA) is 48.9 Å². The molecule has 6 nitrogen and oxygen atoms in total. The second-order valence-electron chi connectivity index (χ2n) is 7.51. The lowest BCUT2D eigenvalue weighted by Crippen LogP contribution is -2.49. The van der Waals surface area contributed by atoms with Crippen molar-refractivity contribution in [2.45, 2.75) is 0 Å². The lowest BCUT2D eigenvalue weighted by atomic mass is 10.2. The number of methoxy groups -OCH3 is 1. The third-order valence-electron chi connectivity index (χ3n) is 5.63. The van der Waals surface area contributed by atoms with Crippen LogP contribution in [0.1, 0.15) is 10.4 Å². The first-order valence-corrected chi connectivity index (χ1v) is 10.6. The van der Waals surface area contributed by atoms with Crippen LogP contribution in [0, 0.1) is 0 Å². The molecule has 0 atom stereocenters. The number of carbonyl (C=O) groups is 1. The Labute approximate surface area is 183 Å². The third-order valence-corrected chi connectivity index (χ3v) is 5.63. The smallest absolute Gasteiger partial charge is 0.259 e. The number of amides is 1. The maximum absolute atomic E-state index is 13.2. The van der Waals surface area contributed by atoms with E-state index in [2.05, 4.69) is 20.9 Å². The Morgan fingerprint density at radius 1 is 0.935 bits per heavy atom. The van der Waals surface area contributed by atoms with Crippen molar-refractivity contribution in [2.75, 3.05) is 56.2 Å². The molecule has 3 aromatic rings. The first kappa shape index (κ1) is 20.9. The Morgan fingerprint density at radius 3 is 2.35 bits per heavy atom. The van der Waals surface area contributed by atoms with Gasteiger partial charge in [0, 0.05) is 51.0 Å². The molecule has 0 radical (unpaired) electrons. The highest BCUT2D eigenvalue weighted by Crippen LogP contribution is 2.28. The maximum atomic E-state index is 13.2. The summed E-state index contributed by atoms with van der Waals surface area (Å²) in [5.74, 6) is 1.57. The van der Waals surface area contributed by atoms with Gasteiger partial charge in [-0.3, -0.25) is 14.6 Å². The monoisotopic (exact) mass is 416 g/mol. The lowest BCUT2D eigenvalue weighted by molar-refractivity contribution is 0.0982. The van der Waals surface area contributed by atoms with E-state index >= 15 is 0 Å². The van der Waals surface area contributed by atoms with E-state index in [4.69, 9.17) is 4.74 Å². The SMILES string of the molecule is COc1ccccc1N1CCN(CCN(C(=O)c2ccccc2)c2ccccn2)CC1. The van der Waals surface area contributed by atoms with Gasteiger partial charge in [0.25, 0.3) is 5.91 Å². The van der Waals surface area contributed by atoms with Crippen molar-refractivity contribution >= 4 is 17.4 Å². The predicted octanol–water partition coefficient (Wildman–Crippen LogP) is 3.56. The van der Waals surface area contributed by atoms with Crippen molar-refractivity contribution in [1.82, 2.24) is 9.88 Å². The number of para-hydroxylation sites is 2. The summed E-state index contributed by atoms with van der Waals surface area (Å²) in [6, 6.07) is 23.2. The molecule has 0 saturated carbocycles. The summed E-state index contributed by atoms with van der Waals surface area (Å²) in [6.07, 6.45) is 1.73. The van der Waals surface area contributed by atoms with Crippen LogP contribution in [0.5, 0.6) is 5.75 Å². The van der Waals surface area contributed by atoms with E-state index in [1.54, 1.807) is 18.2 Å². The molecule has 1 aliphatic heterocycles. The maximum Gasteiger partial charge on any atom is 0.259 e. The van der Waals surface area contributed by atoms with Crippen LogP contribution < -0.4 is 14.5 Å². The van der Waals surface area contributed by atoms with Crippen molar-refractivity contribution < 1.29 is 9.53 Å². The summed E-state index contributed by atoms with van der Waals surface area (Å²) < 4.78 is 5.52. The summed E-state index contributed by atoms with van der Waals surface area (Å²) in [4.78, 5) is 24.1. The molecule has 1 aromatic heterocycles. The zero-order valence-corrected chi connectivity index (χ0v) is 17.9. The summed E-state index contributed by atoms with van der Waals surface area (Å²) in [6.45, 7) is 5.13. The number of anilines is 2. The van der Waals surface area contributed by atoms with Crippen LogP contribution in [0.25, 0.3) is 0 Å². The third kappa shape index (κ3) is 5.03. The Kier molecular flexibility index (Phi) is 6.79. The molecule has 0 bridgehead atoms. The fraction of sp³-hybridized carbons (Fsp3) is 0.280. The fourth-order valence-corrected chi connectivity index (χ4v) is 3.91. The molecule has 160 valence electrons. The van der Waals surface area contributed by atoms with Gasteiger partial charge in [-0.15, -0.1) is 0 Å². The average molecular weight is 417 g/mol. The molecule has 0 unspecified atom stereocenters. The molecule has 0 aliphatic carbocycles. The van der Waals surface area contributed by atoms with E-state index in [1.807, 2.05) is 66.7 Å². The van der Waals surface area contributed by atoms with E-state index in [0.29, 0.717) is 17.9 Å². The largest absolute Gasteiger partial charge is 0.495 e. The van der Waals surface area contributed by atoms with Gasteiger partial charge in [-0.2, -0.15) is 0 Å². The molecular formula is C25H28N4O2. The minimum absolute atomic E-state index is 0.0213. The minimum atomic E-state index is -0.0213. The number of carbonyl (C=O) groups excluding carboxylic acids is 1. The molecule has 0 spiro atoms. The number of pyridine rings is 1. The van der Waals surface area contributed by atoms with E-state index in [-0.39, 0.29) is 5.91 Å². The normalized spacial score (nSPS) is 14.3. The lowest BCUT2D eigenvalue weighted by Gasteiger charge is -2.37. The highest BCUT2D eigenvalue weighted by atomic mass is 16.5. The van der Waals surface area contributed by atoms with Crippen molar-refractivity contribution in [3.63, 3.8) is 0 Å². The van der Waals surface area contributed by atoms with E-state index < -0.39 is 0 Å². The van der Waals surface area contributed by atoms with Crippen LogP contribution >= 0.6 is 0 Å². The number of rotatable bonds is 7. The van der Waals surface area contributed by atoms with Crippen LogP contribution in [0.4, 0.5) is 11.5 Å². The Bertz CT molecular complexity index is 973. The number of hydrogen-bond acceptors (Lipinski definition) is 5. The van der Waals surface area contributed by atoms with Gasteiger partial charge in [0.1, 0.15) is 11.6 Å². The fourth-order valence-electron chi connectivity index (χ4n) is 3.91. The Hall–Kier alpha value is -3.38. The molecule has 2 aromatic carbocycles. The second kappa shape index (κ2) is 10.1. The Morgan fingerprint density at radius 2 is 1.65 bits per heavy atom. The van der Waals surface area contributed by atoms with Gasteiger partial charge < -0.3 is 9.64 Å². The van der Waals surface area contributed by atoms with Gasteiger partial charge in [0.2, 0.25) is 0 Å². The number of nitrogens with zero attached hydrogens (tertiary/aromatic N) is 4. The summed E-state index contributed by atoms with van der Waals surface area (Å²) in [7, 11) is 1.71. The highest BCUT2D eigenvalue weighted by Gasteiger charge is 2.23. The number of ether oxygens (including phenoxy) is 1. The predicted molar refractivity (Wildman–Crippen MR) is 124 cm³/mol. The van der Waals surface area contributed by atoms with Crippen molar-refractivity contribution in [1.29, 1.82) is 0 Å². The number of hydrogen-bond donors (Lipinski definition) is 0.